The lowest BCUT2D eigenvalue weighted by atomic mass is 10.3. The zero-order valence-electron chi connectivity index (χ0n) is 5.74. The summed E-state index contributed by atoms with van der Waals surface area (Å²) in [5, 5.41) is 8.86. The third-order valence-electron chi connectivity index (χ3n) is 0.849. The van der Waals surface area contributed by atoms with Crippen LogP contribution in [0, 0.1) is 12.3 Å². The molecule has 0 radical (unpaired) electrons. The molecule has 0 aliphatic rings. The summed E-state index contributed by atoms with van der Waals surface area (Å²) in [5.74, 6) is 1.92. The van der Waals surface area contributed by atoms with E-state index in [0.717, 1.165) is 6.26 Å². The van der Waals surface area contributed by atoms with Gasteiger partial charge in [0.05, 0.1) is 11.9 Å². The minimum absolute atomic E-state index is 0.0903. The molecule has 0 bridgehead atoms. The molecule has 1 N–H and O–H groups in total. The molecule has 0 aromatic carbocycles. The molecular weight excluding hydrogens is 152 g/mol. The Balaban J connectivity index is 3.83. The van der Waals surface area contributed by atoms with Gasteiger partial charge in [0.25, 0.3) is 0 Å². The average Bonchev–Trinajstić information content (AvgIpc) is 1.59. The Kier molecular flexibility index (Phi) is 3.40. The normalized spacial score (nSPS) is 14.1. The Hall–Kier alpha value is -0.530. The fourth-order valence-corrected chi connectivity index (χ4v) is 1.36. The SMILES string of the molecule is C#CCC(O)CS(C)(=O)=O. The molecule has 10 heavy (non-hydrogen) atoms. The second-order valence-electron chi connectivity index (χ2n) is 2.15. The van der Waals surface area contributed by atoms with Crippen molar-refractivity contribution in [2.45, 2.75) is 12.5 Å². The lowest BCUT2D eigenvalue weighted by molar-refractivity contribution is 0.203. The summed E-state index contributed by atoms with van der Waals surface area (Å²) >= 11 is 0. The van der Waals surface area contributed by atoms with Crippen molar-refractivity contribution < 1.29 is 13.5 Å². The van der Waals surface area contributed by atoms with Gasteiger partial charge in [0, 0.05) is 12.7 Å². The third kappa shape index (κ3) is 5.60. The van der Waals surface area contributed by atoms with Crippen LogP contribution in [0.5, 0.6) is 0 Å². The van der Waals surface area contributed by atoms with Crippen LogP contribution in [0.1, 0.15) is 6.42 Å². The highest BCUT2D eigenvalue weighted by molar-refractivity contribution is 7.90. The maximum atomic E-state index is 10.5. The van der Waals surface area contributed by atoms with Crippen molar-refractivity contribution in [1.82, 2.24) is 0 Å². The first kappa shape index (κ1) is 9.47. The summed E-state index contributed by atoms with van der Waals surface area (Å²) in [4.78, 5) is 0. The number of sulfone groups is 1. The molecule has 0 fully saturated rings. The molecule has 0 aliphatic carbocycles. The maximum Gasteiger partial charge on any atom is 0.150 e. The first-order valence-electron chi connectivity index (χ1n) is 2.75. The Bertz CT molecular complexity index is 222. The summed E-state index contributed by atoms with van der Waals surface area (Å²) in [6, 6.07) is 0. The number of hydrogen-bond acceptors (Lipinski definition) is 3. The summed E-state index contributed by atoms with van der Waals surface area (Å²) in [6.07, 6.45) is 5.08. The fourth-order valence-electron chi connectivity index (χ4n) is 0.544. The van der Waals surface area contributed by atoms with Gasteiger partial charge >= 0.3 is 0 Å². The molecule has 0 aromatic heterocycles. The van der Waals surface area contributed by atoms with E-state index in [-0.39, 0.29) is 12.2 Å². The van der Waals surface area contributed by atoms with Gasteiger partial charge in [0.15, 0.2) is 0 Å². The molecule has 1 unspecified atom stereocenters. The second kappa shape index (κ2) is 3.59. The van der Waals surface area contributed by atoms with Crippen molar-refractivity contribution >= 4 is 9.84 Å². The minimum Gasteiger partial charge on any atom is -0.391 e. The van der Waals surface area contributed by atoms with Crippen LogP contribution in [-0.4, -0.2) is 31.6 Å². The Labute approximate surface area is 61.0 Å². The van der Waals surface area contributed by atoms with Crippen molar-refractivity contribution in [2.75, 3.05) is 12.0 Å². The Morgan fingerprint density at radius 3 is 2.50 bits per heavy atom. The summed E-state index contributed by atoms with van der Waals surface area (Å²) in [6.45, 7) is 0. The highest BCUT2D eigenvalue weighted by Crippen LogP contribution is 1.94. The zero-order valence-corrected chi connectivity index (χ0v) is 6.56. The summed E-state index contributed by atoms with van der Waals surface area (Å²) in [7, 11) is -3.09. The van der Waals surface area contributed by atoms with Gasteiger partial charge in [-0.3, -0.25) is 0 Å². The molecule has 0 rings (SSSR count). The molecule has 58 valence electrons. The van der Waals surface area contributed by atoms with Gasteiger partial charge < -0.3 is 5.11 Å². The van der Waals surface area contributed by atoms with Crippen LogP contribution in [0.25, 0.3) is 0 Å². The zero-order chi connectivity index (χ0) is 8.20. The topological polar surface area (TPSA) is 54.4 Å². The number of aliphatic hydroxyl groups is 1. The van der Waals surface area contributed by atoms with E-state index in [1.807, 2.05) is 0 Å². The van der Waals surface area contributed by atoms with E-state index >= 15 is 0 Å². The number of rotatable bonds is 3. The minimum atomic E-state index is -3.09. The molecule has 4 heteroatoms. The van der Waals surface area contributed by atoms with E-state index in [4.69, 9.17) is 11.5 Å². The summed E-state index contributed by atoms with van der Waals surface area (Å²) in [5.41, 5.74) is 0. The van der Waals surface area contributed by atoms with Crippen molar-refractivity contribution in [3.63, 3.8) is 0 Å². The average molecular weight is 162 g/mol. The lowest BCUT2D eigenvalue weighted by Crippen LogP contribution is -2.18. The van der Waals surface area contributed by atoms with Crippen LogP contribution in [-0.2, 0) is 9.84 Å². The fraction of sp³-hybridized carbons (Fsp3) is 0.667. The molecule has 0 amide bonds. The number of terminal acetylenes is 1. The van der Waals surface area contributed by atoms with E-state index in [0.29, 0.717) is 0 Å². The summed E-state index contributed by atoms with van der Waals surface area (Å²) < 4.78 is 21.0. The first-order chi connectivity index (χ1) is 4.45. The standard InChI is InChI=1S/C6H10O3S/c1-3-4-6(7)5-10(2,8)9/h1,6-7H,4-5H2,2H3. The van der Waals surface area contributed by atoms with Crippen molar-refractivity contribution in [3.05, 3.63) is 0 Å². The van der Waals surface area contributed by atoms with E-state index in [1.54, 1.807) is 0 Å². The van der Waals surface area contributed by atoms with Crippen LogP contribution in [0.3, 0.4) is 0 Å². The molecular formula is C6H10O3S. The maximum absolute atomic E-state index is 10.5. The van der Waals surface area contributed by atoms with Gasteiger partial charge in [-0.15, -0.1) is 12.3 Å². The monoisotopic (exact) mass is 162 g/mol. The van der Waals surface area contributed by atoms with Crippen LogP contribution >= 0.6 is 0 Å². The Morgan fingerprint density at radius 1 is 1.70 bits per heavy atom. The van der Waals surface area contributed by atoms with Gasteiger partial charge in [0.1, 0.15) is 9.84 Å². The molecule has 0 spiro atoms. The lowest BCUT2D eigenvalue weighted by Gasteiger charge is -2.02. The van der Waals surface area contributed by atoms with E-state index in [9.17, 15) is 8.42 Å². The smallest absolute Gasteiger partial charge is 0.150 e. The highest BCUT2D eigenvalue weighted by Gasteiger charge is 2.09. The van der Waals surface area contributed by atoms with Crippen LogP contribution < -0.4 is 0 Å². The van der Waals surface area contributed by atoms with E-state index in [1.165, 1.54) is 0 Å². The van der Waals surface area contributed by atoms with Crippen molar-refractivity contribution in [3.8, 4) is 12.3 Å². The van der Waals surface area contributed by atoms with Crippen LogP contribution in [0.4, 0.5) is 0 Å². The molecule has 0 aromatic rings. The predicted octanol–water partition coefficient (Wildman–Crippen LogP) is -0.585. The van der Waals surface area contributed by atoms with Gasteiger partial charge in [-0.25, -0.2) is 8.42 Å². The molecule has 0 heterocycles. The van der Waals surface area contributed by atoms with Gasteiger partial charge in [0.2, 0.25) is 0 Å². The molecule has 0 saturated heterocycles. The number of aliphatic hydroxyl groups excluding tert-OH is 1. The van der Waals surface area contributed by atoms with Crippen molar-refractivity contribution in [2.24, 2.45) is 0 Å². The molecule has 0 aliphatic heterocycles. The number of hydrogen-bond donors (Lipinski definition) is 1. The predicted molar refractivity (Wildman–Crippen MR) is 39.2 cm³/mol. The van der Waals surface area contributed by atoms with E-state index in [2.05, 4.69) is 5.92 Å². The third-order valence-corrected chi connectivity index (χ3v) is 1.84. The molecule has 1 atom stereocenters. The van der Waals surface area contributed by atoms with Crippen LogP contribution in [0.15, 0.2) is 0 Å². The van der Waals surface area contributed by atoms with Crippen molar-refractivity contribution in [1.29, 1.82) is 0 Å². The van der Waals surface area contributed by atoms with Gasteiger partial charge in [-0.1, -0.05) is 0 Å². The molecule has 3 nitrogen and oxygen atoms in total. The van der Waals surface area contributed by atoms with E-state index < -0.39 is 15.9 Å². The van der Waals surface area contributed by atoms with Gasteiger partial charge in [-0.2, -0.15) is 0 Å². The second-order valence-corrected chi connectivity index (χ2v) is 4.34. The Morgan fingerprint density at radius 2 is 2.20 bits per heavy atom. The first-order valence-corrected chi connectivity index (χ1v) is 4.81. The van der Waals surface area contributed by atoms with Crippen LogP contribution in [0.2, 0.25) is 0 Å². The highest BCUT2D eigenvalue weighted by atomic mass is 32.2. The van der Waals surface area contributed by atoms with Gasteiger partial charge in [-0.05, 0) is 0 Å². The molecule has 0 saturated carbocycles. The largest absolute Gasteiger partial charge is 0.391 e. The quantitative estimate of drug-likeness (QED) is 0.565.